The van der Waals surface area contributed by atoms with E-state index in [1.165, 1.54) is 0 Å². The summed E-state index contributed by atoms with van der Waals surface area (Å²) in [5, 5.41) is 8.62. The van der Waals surface area contributed by atoms with Crippen molar-refractivity contribution >= 4 is 0 Å². The first-order valence-electron chi connectivity index (χ1n) is 6.26. The quantitative estimate of drug-likeness (QED) is 0.804. The second-order valence-corrected chi connectivity index (χ2v) is 4.11. The molecule has 1 heterocycles. The zero-order valence-electron chi connectivity index (χ0n) is 11.2. The molecule has 5 nitrogen and oxygen atoms in total. The number of benzene rings is 1. The number of hydrogen-bond donors (Lipinski definition) is 0. The molecule has 0 spiro atoms. The summed E-state index contributed by atoms with van der Waals surface area (Å²) in [6.45, 7) is 0.488. The molecule has 0 aliphatic heterocycles. The van der Waals surface area contributed by atoms with Crippen molar-refractivity contribution in [2.45, 2.75) is 12.8 Å². The molecule has 1 aromatic carbocycles. The lowest BCUT2D eigenvalue weighted by Crippen LogP contribution is -2.05. The topological polar surface area (TPSA) is 68.0 Å². The summed E-state index contributed by atoms with van der Waals surface area (Å²) in [7, 11) is 1.64. The largest absolute Gasteiger partial charge is 0.497 e. The Morgan fingerprint density at radius 2 is 2.00 bits per heavy atom. The van der Waals surface area contributed by atoms with Crippen LogP contribution in [0.5, 0.6) is 11.8 Å². The van der Waals surface area contributed by atoms with Gasteiger partial charge in [-0.1, -0.05) is 12.1 Å². The molecule has 0 fully saturated rings. The van der Waals surface area contributed by atoms with Crippen LogP contribution in [0.3, 0.4) is 0 Å². The molecule has 0 radical (unpaired) electrons. The van der Waals surface area contributed by atoms with Crippen molar-refractivity contribution in [3.63, 3.8) is 0 Å². The van der Waals surface area contributed by atoms with Gasteiger partial charge in [0.25, 0.3) is 0 Å². The summed E-state index contributed by atoms with van der Waals surface area (Å²) in [4.78, 5) is 8.16. The SMILES string of the molecule is COc1ccc(CCOc2nccc(CC#N)n2)cc1. The third-order valence-electron chi connectivity index (χ3n) is 2.73. The Morgan fingerprint density at radius 3 is 2.70 bits per heavy atom. The summed E-state index contributed by atoms with van der Waals surface area (Å²) in [6, 6.07) is 11.9. The monoisotopic (exact) mass is 269 g/mol. The second-order valence-electron chi connectivity index (χ2n) is 4.11. The molecule has 0 amide bonds. The number of rotatable bonds is 6. The predicted molar refractivity (Wildman–Crippen MR) is 73.5 cm³/mol. The van der Waals surface area contributed by atoms with E-state index in [1.807, 2.05) is 30.3 Å². The van der Waals surface area contributed by atoms with Crippen LogP contribution in [0.4, 0.5) is 0 Å². The van der Waals surface area contributed by atoms with Crippen molar-refractivity contribution in [3.05, 3.63) is 47.8 Å². The molecular formula is C15H15N3O2. The standard InChI is InChI=1S/C15H15N3O2/c1-19-14-4-2-12(3-5-14)8-11-20-15-17-10-7-13(18-15)6-9-16/h2-5,7,10H,6,8,11H2,1H3. The molecule has 2 rings (SSSR count). The van der Waals surface area contributed by atoms with Gasteiger partial charge in [-0.3, -0.25) is 0 Å². The fourth-order valence-corrected chi connectivity index (χ4v) is 1.68. The van der Waals surface area contributed by atoms with E-state index in [0.29, 0.717) is 18.3 Å². The van der Waals surface area contributed by atoms with Crippen LogP contribution in [0.15, 0.2) is 36.5 Å². The van der Waals surface area contributed by atoms with Gasteiger partial charge in [0.05, 0.1) is 31.9 Å². The normalized spacial score (nSPS) is 9.80. The third-order valence-corrected chi connectivity index (χ3v) is 2.73. The van der Waals surface area contributed by atoms with Gasteiger partial charge in [-0.15, -0.1) is 0 Å². The zero-order chi connectivity index (χ0) is 14.2. The highest BCUT2D eigenvalue weighted by atomic mass is 16.5. The summed E-state index contributed by atoms with van der Waals surface area (Å²) in [5.41, 5.74) is 1.82. The van der Waals surface area contributed by atoms with Crippen molar-refractivity contribution in [2.24, 2.45) is 0 Å². The lowest BCUT2D eigenvalue weighted by molar-refractivity contribution is 0.295. The van der Waals surface area contributed by atoms with E-state index in [0.717, 1.165) is 17.7 Å². The minimum absolute atomic E-state index is 0.261. The van der Waals surface area contributed by atoms with Gasteiger partial charge in [0.2, 0.25) is 0 Å². The van der Waals surface area contributed by atoms with E-state index in [9.17, 15) is 0 Å². The van der Waals surface area contributed by atoms with Crippen LogP contribution in [0.1, 0.15) is 11.3 Å². The molecule has 2 aromatic rings. The van der Waals surface area contributed by atoms with Crippen molar-refractivity contribution in [3.8, 4) is 17.8 Å². The van der Waals surface area contributed by atoms with Crippen molar-refractivity contribution < 1.29 is 9.47 Å². The van der Waals surface area contributed by atoms with Gasteiger partial charge >= 0.3 is 6.01 Å². The Hall–Kier alpha value is -2.61. The van der Waals surface area contributed by atoms with Gasteiger partial charge in [0, 0.05) is 12.6 Å². The highest BCUT2D eigenvalue weighted by Gasteiger charge is 2.01. The highest BCUT2D eigenvalue weighted by Crippen LogP contribution is 2.12. The molecule has 0 aliphatic rings. The number of methoxy groups -OCH3 is 1. The first-order valence-corrected chi connectivity index (χ1v) is 6.26. The van der Waals surface area contributed by atoms with Crippen molar-refractivity contribution in [1.82, 2.24) is 9.97 Å². The van der Waals surface area contributed by atoms with Crippen LogP contribution >= 0.6 is 0 Å². The van der Waals surface area contributed by atoms with Crippen molar-refractivity contribution in [1.29, 1.82) is 5.26 Å². The van der Waals surface area contributed by atoms with Crippen LogP contribution in [-0.4, -0.2) is 23.7 Å². The van der Waals surface area contributed by atoms with Gasteiger partial charge in [-0.25, -0.2) is 4.98 Å². The van der Waals surface area contributed by atoms with Gasteiger partial charge in [0.15, 0.2) is 0 Å². The minimum Gasteiger partial charge on any atom is -0.497 e. The first-order chi connectivity index (χ1) is 9.81. The smallest absolute Gasteiger partial charge is 0.316 e. The average Bonchev–Trinajstić information content (AvgIpc) is 2.49. The number of hydrogen-bond acceptors (Lipinski definition) is 5. The molecule has 0 bridgehead atoms. The van der Waals surface area contributed by atoms with E-state index in [-0.39, 0.29) is 6.42 Å². The number of aromatic nitrogens is 2. The molecule has 0 aliphatic carbocycles. The van der Waals surface area contributed by atoms with Crippen LogP contribution in [0, 0.1) is 11.3 Å². The van der Waals surface area contributed by atoms with Crippen LogP contribution in [-0.2, 0) is 12.8 Å². The van der Waals surface area contributed by atoms with Crippen molar-refractivity contribution in [2.75, 3.05) is 13.7 Å². The summed E-state index contributed by atoms with van der Waals surface area (Å²) >= 11 is 0. The molecule has 0 unspecified atom stereocenters. The third kappa shape index (κ3) is 3.95. The molecule has 5 heteroatoms. The lowest BCUT2D eigenvalue weighted by atomic mass is 10.1. The van der Waals surface area contributed by atoms with E-state index in [4.69, 9.17) is 14.7 Å². The molecule has 20 heavy (non-hydrogen) atoms. The molecule has 0 saturated heterocycles. The van der Waals surface area contributed by atoms with E-state index in [1.54, 1.807) is 19.4 Å². The molecule has 0 saturated carbocycles. The van der Waals surface area contributed by atoms with E-state index in [2.05, 4.69) is 9.97 Å². The van der Waals surface area contributed by atoms with E-state index >= 15 is 0 Å². The lowest BCUT2D eigenvalue weighted by Gasteiger charge is -2.06. The summed E-state index contributed by atoms with van der Waals surface area (Å²) in [5.74, 6) is 0.835. The number of nitriles is 1. The average molecular weight is 269 g/mol. The van der Waals surface area contributed by atoms with Crippen LogP contribution in [0.25, 0.3) is 0 Å². The predicted octanol–water partition coefficient (Wildman–Crippen LogP) is 2.17. The maximum Gasteiger partial charge on any atom is 0.316 e. The Kier molecular flexibility index (Phi) is 4.90. The first kappa shape index (κ1) is 13.8. The fourth-order valence-electron chi connectivity index (χ4n) is 1.68. The molecule has 102 valence electrons. The second kappa shape index (κ2) is 7.10. The Morgan fingerprint density at radius 1 is 1.20 bits per heavy atom. The summed E-state index contributed by atoms with van der Waals surface area (Å²) in [6.07, 6.45) is 2.62. The van der Waals surface area contributed by atoms with Crippen LogP contribution < -0.4 is 9.47 Å². The Balaban J connectivity index is 1.86. The highest BCUT2D eigenvalue weighted by molar-refractivity contribution is 5.27. The van der Waals surface area contributed by atoms with Gasteiger partial charge in [0.1, 0.15) is 5.75 Å². The van der Waals surface area contributed by atoms with Gasteiger partial charge < -0.3 is 9.47 Å². The molecule has 1 aromatic heterocycles. The Labute approximate surface area is 117 Å². The fraction of sp³-hybridized carbons (Fsp3) is 0.267. The maximum atomic E-state index is 8.62. The molecular weight excluding hydrogens is 254 g/mol. The zero-order valence-corrected chi connectivity index (χ0v) is 11.2. The minimum atomic E-state index is 0.261. The van der Waals surface area contributed by atoms with E-state index < -0.39 is 0 Å². The Bertz CT molecular complexity index is 591. The van der Waals surface area contributed by atoms with Gasteiger partial charge in [-0.2, -0.15) is 10.2 Å². The maximum absolute atomic E-state index is 8.62. The van der Waals surface area contributed by atoms with Gasteiger partial charge in [-0.05, 0) is 23.8 Å². The molecule has 0 atom stereocenters. The number of nitrogens with zero attached hydrogens (tertiary/aromatic N) is 3. The van der Waals surface area contributed by atoms with Crippen LogP contribution in [0.2, 0.25) is 0 Å². The summed E-state index contributed by atoms with van der Waals surface area (Å²) < 4.78 is 10.6. The number of ether oxygens (including phenoxy) is 2. The molecule has 0 N–H and O–H groups in total.